The van der Waals surface area contributed by atoms with Gasteiger partial charge in [0.25, 0.3) is 11.8 Å². The molecule has 4 rings (SSSR count). The zero-order valence-electron chi connectivity index (χ0n) is 19.6. The minimum atomic E-state index is -0.274. The number of hydrogen-bond donors (Lipinski definition) is 2. The van der Waals surface area contributed by atoms with Crippen LogP contribution in [0.3, 0.4) is 0 Å². The molecule has 0 aromatic heterocycles. The number of nitrogens with one attached hydrogen (secondary N) is 2. The van der Waals surface area contributed by atoms with Crippen LogP contribution in [-0.4, -0.2) is 32.6 Å². The van der Waals surface area contributed by atoms with Crippen molar-refractivity contribution in [3.63, 3.8) is 0 Å². The van der Waals surface area contributed by atoms with Gasteiger partial charge in [0, 0.05) is 28.8 Å². The summed E-state index contributed by atoms with van der Waals surface area (Å²) in [6, 6.07) is 22.4. The summed E-state index contributed by atoms with van der Waals surface area (Å²) >= 11 is 0. The van der Waals surface area contributed by atoms with Crippen LogP contribution in [0, 0.1) is 0 Å². The molecule has 34 heavy (non-hydrogen) atoms. The van der Waals surface area contributed by atoms with Crippen LogP contribution in [-0.2, 0) is 5.41 Å². The highest BCUT2D eigenvalue weighted by molar-refractivity contribution is 6.05. The molecule has 0 unspecified atom stereocenters. The number of anilines is 1. The maximum Gasteiger partial charge on any atom is 0.255 e. The lowest BCUT2D eigenvalue weighted by Crippen LogP contribution is -2.39. The first-order valence-electron chi connectivity index (χ1n) is 11.5. The van der Waals surface area contributed by atoms with Gasteiger partial charge in [0.2, 0.25) is 0 Å². The molecule has 1 fully saturated rings. The van der Waals surface area contributed by atoms with Crippen LogP contribution < -0.4 is 20.1 Å². The van der Waals surface area contributed by atoms with Gasteiger partial charge in [0.1, 0.15) is 0 Å². The summed E-state index contributed by atoms with van der Waals surface area (Å²) in [6.45, 7) is 0.619. The topological polar surface area (TPSA) is 76.7 Å². The van der Waals surface area contributed by atoms with E-state index in [2.05, 4.69) is 34.9 Å². The van der Waals surface area contributed by atoms with Crippen molar-refractivity contribution in [2.75, 3.05) is 26.1 Å². The van der Waals surface area contributed by atoms with E-state index in [0.717, 1.165) is 12.8 Å². The van der Waals surface area contributed by atoms with Crippen LogP contribution >= 0.6 is 0 Å². The van der Waals surface area contributed by atoms with Gasteiger partial charge in [-0.2, -0.15) is 0 Å². The Morgan fingerprint density at radius 3 is 2.09 bits per heavy atom. The Kier molecular flexibility index (Phi) is 7.16. The summed E-state index contributed by atoms with van der Waals surface area (Å²) in [5, 5.41) is 5.99. The third-order valence-electron chi connectivity index (χ3n) is 6.58. The molecule has 1 saturated carbocycles. The SMILES string of the molecule is COc1ccc(C(=O)Nc2ccc(C(=O)NCC3(c4ccccc4)CCCC3)cc2)cc1OC. The zero-order valence-corrected chi connectivity index (χ0v) is 19.6. The number of rotatable bonds is 8. The largest absolute Gasteiger partial charge is 0.493 e. The summed E-state index contributed by atoms with van der Waals surface area (Å²) in [7, 11) is 3.07. The second kappa shape index (κ2) is 10.4. The number of carbonyl (C=O) groups is 2. The monoisotopic (exact) mass is 458 g/mol. The van der Waals surface area contributed by atoms with E-state index in [1.807, 2.05) is 6.07 Å². The van der Waals surface area contributed by atoms with Gasteiger partial charge < -0.3 is 20.1 Å². The Morgan fingerprint density at radius 2 is 1.44 bits per heavy atom. The van der Waals surface area contributed by atoms with Crippen LogP contribution in [0.15, 0.2) is 72.8 Å². The lowest BCUT2D eigenvalue weighted by atomic mass is 9.79. The molecule has 0 atom stereocenters. The molecule has 6 nitrogen and oxygen atoms in total. The number of ether oxygens (including phenoxy) is 2. The van der Waals surface area contributed by atoms with E-state index in [4.69, 9.17) is 9.47 Å². The fraction of sp³-hybridized carbons (Fsp3) is 0.286. The molecule has 0 aliphatic heterocycles. The van der Waals surface area contributed by atoms with Crippen LogP contribution in [0.4, 0.5) is 5.69 Å². The van der Waals surface area contributed by atoms with E-state index < -0.39 is 0 Å². The van der Waals surface area contributed by atoms with Crippen LogP contribution in [0.1, 0.15) is 52.0 Å². The Bertz CT molecular complexity index is 1140. The molecule has 1 aliphatic rings. The standard InChI is InChI=1S/C28H30N2O4/c1-33-24-15-12-21(18-25(24)34-2)27(32)30-23-13-10-20(11-14-23)26(31)29-19-28(16-6-7-17-28)22-8-4-3-5-9-22/h3-5,8-15,18H,6-7,16-17,19H2,1-2H3,(H,29,31)(H,30,32). The lowest BCUT2D eigenvalue weighted by molar-refractivity contribution is 0.0942. The molecular weight excluding hydrogens is 428 g/mol. The molecule has 3 aromatic carbocycles. The van der Waals surface area contributed by atoms with Crippen molar-refractivity contribution in [3.05, 3.63) is 89.5 Å². The van der Waals surface area contributed by atoms with Gasteiger partial charge in [-0.15, -0.1) is 0 Å². The maximum atomic E-state index is 12.8. The van der Waals surface area contributed by atoms with Gasteiger partial charge >= 0.3 is 0 Å². The van der Waals surface area contributed by atoms with Gasteiger partial charge in [-0.1, -0.05) is 43.2 Å². The van der Waals surface area contributed by atoms with Gasteiger partial charge in [0.15, 0.2) is 11.5 Å². The predicted molar refractivity (Wildman–Crippen MR) is 133 cm³/mol. The highest BCUT2D eigenvalue weighted by Gasteiger charge is 2.35. The van der Waals surface area contributed by atoms with E-state index in [0.29, 0.717) is 34.9 Å². The fourth-order valence-electron chi connectivity index (χ4n) is 4.65. The molecule has 1 aliphatic carbocycles. The number of benzene rings is 3. The van der Waals surface area contributed by atoms with Gasteiger partial charge in [-0.05, 0) is 60.9 Å². The van der Waals surface area contributed by atoms with E-state index in [1.54, 1.807) is 49.6 Å². The average Bonchev–Trinajstić information content (AvgIpc) is 3.38. The van der Waals surface area contributed by atoms with Crippen molar-refractivity contribution in [1.82, 2.24) is 5.32 Å². The van der Waals surface area contributed by atoms with E-state index in [1.165, 1.54) is 25.5 Å². The number of methoxy groups -OCH3 is 2. The molecule has 2 amide bonds. The van der Waals surface area contributed by atoms with Gasteiger partial charge in [0.05, 0.1) is 14.2 Å². The van der Waals surface area contributed by atoms with Crippen molar-refractivity contribution in [2.24, 2.45) is 0 Å². The fourth-order valence-corrected chi connectivity index (χ4v) is 4.65. The van der Waals surface area contributed by atoms with Crippen molar-refractivity contribution in [1.29, 1.82) is 0 Å². The van der Waals surface area contributed by atoms with Crippen LogP contribution in [0.25, 0.3) is 0 Å². The zero-order chi connectivity index (χ0) is 24.0. The number of carbonyl (C=O) groups excluding carboxylic acids is 2. The Balaban J connectivity index is 1.38. The van der Waals surface area contributed by atoms with E-state index in [-0.39, 0.29) is 17.2 Å². The quantitative estimate of drug-likeness (QED) is 0.487. The van der Waals surface area contributed by atoms with Crippen LogP contribution in [0.5, 0.6) is 11.5 Å². The third kappa shape index (κ3) is 5.06. The minimum Gasteiger partial charge on any atom is -0.493 e. The molecule has 0 spiro atoms. The van der Waals surface area contributed by atoms with Crippen LogP contribution in [0.2, 0.25) is 0 Å². The molecule has 176 valence electrons. The molecule has 0 bridgehead atoms. The molecular formula is C28H30N2O4. The first-order chi connectivity index (χ1) is 16.5. The van der Waals surface area contributed by atoms with Crippen molar-refractivity contribution in [3.8, 4) is 11.5 Å². The second-order valence-electron chi connectivity index (χ2n) is 8.64. The number of hydrogen-bond acceptors (Lipinski definition) is 4. The Labute approximate surface area is 200 Å². The highest BCUT2D eigenvalue weighted by Crippen LogP contribution is 2.40. The summed E-state index contributed by atoms with van der Waals surface area (Å²) in [4.78, 5) is 25.5. The Hall–Kier alpha value is -3.80. The Morgan fingerprint density at radius 1 is 0.794 bits per heavy atom. The first kappa shape index (κ1) is 23.4. The second-order valence-corrected chi connectivity index (χ2v) is 8.64. The highest BCUT2D eigenvalue weighted by atomic mass is 16.5. The molecule has 0 heterocycles. The molecule has 0 saturated heterocycles. The van der Waals surface area contributed by atoms with Crippen molar-refractivity contribution >= 4 is 17.5 Å². The van der Waals surface area contributed by atoms with Gasteiger partial charge in [-0.25, -0.2) is 0 Å². The maximum absolute atomic E-state index is 12.8. The van der Waals surface area contributed by atoms with E-state index >= 15 is 0 Å². The summed E-state index contributed by atoms with van der Waals surface area (Å²) in [5.74, 6) is 0.655. The van der Waals surface area contributed by atoms with Crippen molar-refractivity contribution < 1.29 is 19.1 Å². The minimum absolute atomic E-state index is 0.00422. The molecule has 0 radical (unpaired) electrons. The normalized spacial score (nSPS) is 14.3. The summed E-state index contributed by atoms with van der Waals surface area (Å²) < 4.78 is 10.5. The number of amides is 2. The van der Waals surface area contributed by atoms with E-state index in [9.17, 15) is 9.59 Å². The van der Waals surface area contributed by atoms with Crippen molar-refractivity contribution in [2.45, 2.75) is 31.1 Å². The first-order valence-corrected chi connectivity index (χ1v) is 11.5. The molecule has 2 N–H and O–H groups in total. The summed E-state index contributed by atoms with van der Waals surface area (Å²) in [5.41, 5.74) is 2.91. The van der Waals surface area contributed by atoms with Gasteiger partial charge in [-0.3, -0.25) is 9.59 Å². The average molecular weight is 459 g/mol. The summed E-state index contributed by atoms with van der Waals surface area (Å²) in [6.07, 6.45) is 4.52. The third-order valence-corrected chi connectivity index (χ3v) is 6.58. The smallest absolute Gasteiger partial charge is 0.255 e. The molecule has 3 aromatic rings. The molecule has 6 heteroatoms. The lowest BCUT2D eigenvalue weighted by Gasteiger charge is -2.30. The predicted octanol–water partition coefficient (Wildman–Crippen LogP) is 5.20.